The quantitative estimate of drug-likeness (QED) is 0.910. The summed E-state index contributed by atoms with van der Waals surface area (Å²) in [6.07, 6.45) is 9.36. The number of carbonyl (C=O) groups is 1. The lowest BCUT2D eigenvalue weighted by atomic mass is 10.00. The van der Waals surface area contributed by atoms with Crippen molar-refractivity contribution in [3.8, 4) is 0 Å². The number of hydrogen-bond donors (Lipinski definition) is 1. The van der Waals surface area contributed by atoms with E-state index in [2.05, 4.69) is 6.07 Å². The van der Waals surface area contributed by atoms with Gasteiger partial charge < -0.3 is 10.0 Å². The summed E-state index contributed by atoms with van der Waals surface area (Å²) in [4.78, 5) is 16.8. The fourth-order valence-corrected chi connectivity index (χ4v) is 4.59. The second-order valence-electron chi connectivity index (χ2n) is 5.95. The van der Waals surface area contributed by atoms with Gasteiger partial charge >= 0.3 is 0 Å². The summed E-state index contributed by atoms with van der Waals surface area (Å²) in [7, 11) is 0. The summed E-state index contributed by atoms with van der Waals surface area (Å²) >= 11 is 1.69. The number of aryl methyl sites for hydroxylation is 2. The van der Waals surface area contributed by atoms with Crippen molar-refractivity contribution in [2.24, 2.45) is 0 Å². The van der Waals surface area contributed by atoms with Crippen molar-refractivity contribution >= 4 is 17.2 Å². The molecule has 20 heavy (non-hydrogen) atoms. The lowest BCUT2D eigenvalue weighted by Gasteiger charge is -2.22. The highest BCUT2D eigenvalue weighted by Gasteiger charge is 2.30. The molecule has 1 aliphatic heterocycles. The van der Waals surface area contributed by atoms with Crippen LogP contribution in [0.2, 0.25) is 0 Å². The van der Waals surface area contributed by atoms with E-state index >= 15 is 0 Å². The summed E-state index contributed by atoms with van der Waals surface area (Å²) < 4.78 is 0. The van der Waals surface area contributed by atoms with E-state index in [1.165, 1.54) is 36.1 Å². The summed E-state index contributed by atoms with van der Waals surface area (Å²) in [5.41, 5.74) is 1.40. The number of likely N-dealkylation sites (tertiary alicyclic amines) is 1. The van der Waals surface area contributed by atoms with Crippen molar-refractivity contribution in [3.05, 3.63) is 21.4 Å². The van der Waals surface area contributed by atoms with Crippen LogP contribution in [0.3, 0.4) is 0 Å². The van der Waals surface area contributed by atoms with E-state index in [-0.39, 0.29) is 18.6 Å². The summed E-state index contributed by atoms with van der Waals surface area (Å²) in [5.74, 6) is 0.137. The Kier molecular flexibility index (Phi) is 4.41. The molecule has 1 unspecified atom stereocenters. The zero-order valence-corrected chi connectivity index (χ0v) is 12.8. The number of aliphatic hydroxyl groups is 1. The Labute approximate surface area is 124 Å². The maximum Gasteiger partial charge on any atom is 0.264 e. The SMILES string of the molecule is O=C(c1cc2c(s1)CCCCCC2)N1CCCC1CO. The van der Waals surface area contributed by atoms with Gasteiger partial charge in [0.05, 0.1) is 17.5 Å². The molecule has 1 amide bonds. The Morgan fingerprint density at radius 1 is 1.25 bits per heavy atom. The molecule has 1 aromatic heterocycles. The number of fused-ring (bicyclic) bond motifs is 1. The van der Waals surface area contributed by atoms with Gasteiger partial charge in [0.25, 0.3) is 5.91 Å². The van der Waals surface area contributed by atoms with Crippen molar-refractivity contribution in [1.29, 1.82) is 0 Å². The molecular formula is C16H23NO2S. The molecule has 4 heteroatoms. The second-order valence-corrected chi connectivity index (χ2v) is 7.09. The van der Waals surface area contributed by atoms with Crippen LogP contribution in [0.5, 0.6) is 0 Å². The minimum Gasteiger partial charge on any atom is -0.394 e. The van der Waals surface area contributed by atoms with Crippen molar-refractivity contribution < 1.29 is 9.90 Å². The third-order valence-electron chi connectivity index (χ3n) is 4.56. The molecule has 0 aromatic carbocycles. The summed E-state index contributed by atoms with van der Waals surface area (Å²) in [6, 6.07) is 2.16. The maximum absolute atomic E-state index is 12.6. The van der Waals surface area contributed by atoms with Crippen LogP contribution < -0.4 is 0 Å². The van der Waals surface area contributed by atoms with E-state index in [0.29, 0.717) is 0 Å². The predicted molar refractivity (Wildman–Crippen MR) is 81.3 cm³/mol. The van der Waals surface area contributed by atoms with Gasteiger partial charge in [-0.15, -0.1) is 11.3 Å². The smallest absolute Gasteiger partial charge is 0.264 e. The average Bonchev–Trinajstić information content (AvgIpc) is 3.04. The Hall–Kier alpha value is -0.870. The molecule has 1 aromatic rings. The fourth-order valence-electron chi connectivity index (χ4n) is 3.38. The average molecular weight is 293 g/mol. The van der Waals surface area contributed by atoms with Crippen LogP contribution in [0.4, 0.5) is 0 Å². The van der Waals surface area contributed by atoms with Crippen LogP contribution in [-0.2, 0) is 12.8 Å². The second kappa shape index (κ2) is 6.27. The van der Waals surface area contributed by atoms with E-state index in [1.54, 1.807) is 11.3 Å². The van der Waals surface area contributed by atoms with Gasteiger partial charge in [0.15, 0.2) is 0 Å². The standard InChI is InChI=1S/C16H23NO2S/c18-11-13-7-5-9-17(13)16(19)15-10-12-6-3-1-2-4-8-14(12)20-15/h10,13,18H,1-9,11H2. The van der Waals surface area contributed by atoms with Gasteiger partial charge in [0.2, 0.25) is 0 Å². The predicted octanol–water partition coefficient (Wildman–Crippen LogP) is 3.00. The number of amides is 1. The van der Waals surface area contributed by atoms with Crippen LogP contribution in [0, 0.1) is 0 Å². The molecule has 0 radical (unpaired) electrons. The molecule has 3 nitrogen and oxygen atoms in total. The highest BCUT2D eigenvalue weighted by Crippen LogP contribution is 2.30. The molecule has 110 valence electrons. The van der Waals surface area contributed by atoms with Crippen LogP contribution in [0.15, 0.2) is 6.07 Å². The van der Waals surface area contributed by atoms with Gasteiger partial charge in [-0.25, -0.2) is 0 Å². The van der Waals surface area contributed by atoms with Crippen LogP contribution in [0.25, 0.3) is 0 Å². The van der Waals surface area contributed by atoms with Gasteiger partial charge in [-0.2, -0.15) is 0 Å². The third-order valence-corrected chi connectivity index (χ3v) is 5.78. The minimum atomic E-state index is 0.0344. The van der Waals surface area contributed by atoms with Gasteiger partial charge in [0, 0.05) is 11.4 Å². The Morgan fingerprint density at radius 2 is 2.05 bits per heavy atom. The highest BCUT2D eigenvalue weighted by molar-refractivity contribution is 7.14. The van der Waals surface area contributed by atoms with E-state index in [4.69, 9.17) is 0 Å². The van der Waals surface area contributed by atoms with E-state index < -0.39 is 0 Å². The first-order valence-electron chi connectivity index (χ1n) is 7.83. The summed E-state index contributed by atoms with van der Waals surface area (Å²) in [5, 5.41) is 9.38. The van der Waals surface area contributed by atoms with Gasteiger partial charge in [-0.05, 0) is 50.2 Å². The molecule has 1 saturated heterocycles. The van der Waals surface area contributed by atoms with Crippen molar-refractivity contribution in [1.82, 2.24) is 4.90 Å². The first kappa shape index (κ1) is 14.1. The first-order valence-corrected chi connectivity index (χ1v) is 8.64. The molecule has 2 heterocycles. The van der Waals surface area contributed by atoms with Crippen LogP contribution in [0.1, 0.15) is 58.6 Å². The van der Waals surface area contributed by atoms with Crippen molar-refractivity contribution in [3.63, 3.8) is 0 Å². The number of nitrogens with zero attached hydrogens (tertiary/aromatic N) is 1. The zero-order valence-electron chi connectivity index (χ0n) is 11.9. The van der Waals surface area contributed by atoms with Gasteiger partial charge in [-0.3, -0.25) is 4.79 Å². The van der Waals surface area contributed by atoms with Crippen LogP contribution in [-0.4, -0.2) is 35.1 Å². The molecule has 1 aliphatic carbocycles. The number of rotatable bonds is 2. The lowest BCUT2D eigenvalue weighted by molar-refractivity contribution is 0.0682. The molecule has 0 saturated carbocycles. The zero-order chi connectivity index (χ0) is 13.9. The summed E-state index contributed by atoms with van der Waals surface area (Å²) in [6.45, 7) is 0.892. The first-order chi connectivity index (χ1) is 9.79. The van der Waals surface area contributed by atoms with E-state index in [0.717, 1.165) is 37.1 Å². The molecular weight excluding hydrogens is 270 g/mol. The number of thiophene rings is 1. The Morgan fingerprint density at radius 3 is 2.85 bits per heavy atom. The Balaban J connectivity index is 1.79. The van der Waals surface area contributed by atoms with Crippen LogP contribution >= 0.6 is 11.3 Å². The molecule has 0 spiro atoms. The fraction of sp³-hybridized carbons (Fsp3) is 0.688. The number of hydrogen-bond acceptors (Lipinski definition) is 3. The molecule has 0 bridgehead atoms. The molecule has 1 atom stereocenters. The van der Waals surface area contributed by atoms with E-state index in [9.17, 15) is 9.90 Å². The van der Waals surface area contributed by atoms with Gasteiger partial charge in [0.1, 0.15) is 0 Å². The maximum atomic E-state index is 12.6. The number of carbonyl (C=O) groups excluding carboxylic acids is 1. The third kappa shape index (κ3) is 2.77. The molecule has 1 N–H and O–H groups in total. The normalized spacial score (nSPS) is 23.2. The van der Waals surface area contributed by atoms with Gasteiger partial charge in [-0.1, -0.05) is 12.8 Å². The monoisotopic (exact) mass is 293 g/mol. The topological polar surface area (TPSA) is 40.5 Å². The number of aliphatic hydroxyl groups excluding tert-OH is 1. The van der Waals surface area contributed by atoms with Crippen molar-refractivity contribution in [2.45, 2.75) is 57.4 Å². The lowest BCUT2D eigenvalue weighted by Crippen LogP contribution is -2.37. The largest absolute Gasteiger partial charge is 0.394 e. The van der Waals surface area contributed by atoms with Crippen molar-refractivity contribution in [2.75, 3.05) is 13.2 Å². The molecule has 2 aliphatic rings. The molecule has 3 rings (SSSR count). The Bertz CT molecular complexity index is 457. The molecule has 1 fully saturated rings. The van der Waals surface area contributed by atoms with E-state index in [1.807, 2.05) is 4.90 Å². The minimum absolute atomic E-state index is 0.0344. The highest BCUT2D eigenvalue weighted by atomic mass is 32.1.